The van der Waals surface area contributed by atoms with E-state index in [-0.39, 0.29) is 23.3 Å². The molecule has 2 N–H and O–H groups in total. The highest BCUT2D eigenvalue weighted by atomic mass is 32.2. The average molecular weight is 610 g/mol. The number of hydrogen-bond donors (Lipinski definition) is 2. The van der Waals surface area contributed by atoms with Gasteiger partial charge in [-0.05, 0) is 85.3 Å². The number of rotatable bonds is 9. The molecule has 0 spiro atoms. The zero-order valence-corrected chi connectivity index (χ0v) is 24.8. The maximum Gasteiger partial charge on any atom is 0.283 e. The number of anilines is 3. The third kappa shape index (κ3) is 5.64. The van der Waals surface area contributed by atoms with Crippen LogP contribution in [0, 0.1) is 6.92 Å². The SMILES string of the molecule is COc1ccc(NC2=C(Sc3cccc(NC(=O)c4ccc5c(c4)OCO5)c3)C(=O)N(c3cc(C)ccc3OC)C2=O)cc1. The van der Waals surface area contributed by atoms with Crippen molar-refractivity contribution in [1.82, 2.24) is 0 Å². The molecule has 0 saturated heterocycles. The molecule has 2 aliphatic rings. The van der Waals surface area contributed by atoms with E-state index in [1.165, 1.54) is 7.11 Å². The van der Waals surface area contributed by atoms with Crippen molar-refractivity contribution in [3.05, 3.63) is 107 Å². The second-order valence-electron chi connectivity index (χ2n) is 9.83. The van der Waals surface area contributed by atoms with Crippen LogP contribution in [-0.2, 0) is 9.59 Å². The number of hydrogen-bond acceptors (Lipinski definition) is 9. The van der Waals surface area contributed by atoms with E-state index in [9.17, 15) is 14.4 Å². The highest BCUT2D eigenvalue weighted by molar-refractivity contribution is 8.04. The lowest BCUT2D eigenvalue weighted by atomic mass is 10.2. The Morgan fingerprint density at radius 1 is 0.841 bits per heavy atom. The smallest absolute Gasteiger partial charge is 0.283 e. The summed E-state index contributed by atoms with van der Waals surface area (Å²) in [6, 6.07) is 24.3. The number of aryl methyl sites for hydroxylation is 1. The molecule has 10 nitrogen and oxygen atoms in total. The van der Waals surface area contributed by atoms with Gasteiger partial charge in [-0.3, -0.25) is 14.4 Å². The lowest BCUT2D eigenvalue weighted by Crippen LogP contribution is -2.32. The number of ether oxygens (including phenoxy) is 4. The summed E-state index contributed by atoms with van der Waals surface area (Å²) in [5.74, 6) is 0.764. The molecule has 0 radical (unpaired) electrons. The first-order valence-corrected chi connectivity index (χ1v) is 14.3. The summed E-state index contributed by atoms with van der Waals surface area (Å²) in [6.07, 6.45) is 0. The van der Waals surface area contributed by atoms with Gasteiger partial charge in [0.15, 0.2) is 11.5 Å². The predicted octanol–water partition coefficient (Wildman–Crippen LogP) is 5.98. The zero-order chi connectivity index (χ0) is 30.8. The number of amides is 3. The molecule has 44 heavy (non-hydrogen) atoms. The molecule has 2 aliphatic heterocycles. The number of imide groups is 1. The Kier molecular flexibility index (Phi) is 7.86. The molecule has 0 fully saturated rings. The summed E-state index contributed by atoms with van der Waals surface area (Å²) in [7, 11) is 3.06. The second-order valence-corrected chi connectivity index (χ2v) is 10.9. The minimum Gasteiger partial charge on any atom is -0.497 e. The Labute approximate surface area is 257 Å². The summed E-state index contributed by atoms with van der Waals surface area (Å²) in [6.45, 7) is 1.98. The summed E-state index contributed by atoms with van der Waals surface area (Å²) in [5.41, 5.74) is 2.83. The first kappa shape index (κ1) is 28.7. The molecular weight excluding hydrogens is 582 g/mol. The molecule has 0 saturated carbocycles. The van der Waals surface area contributed by atoms with Crippen molar-refractivity contribution in [2.24, 2.45) is 0 Å². The summed E-state index contributed by atoms with van der Waals surface area (Å²) >= 11 is 1.12. The largest absolute Gasteiger partial charge is 0.497 e. The molecule has 3 amide bonds. The van der Waals surface area contributed by atoms with Gasteiger partial charge in [0.1, 0.15) is 22.1 Å². The first-order chi connectivity index (χ1) is 21.3. The van der Waals surface area contributed by atoms with Crippen LogP contribution in [0.1, 0.15) is 15.9 Å². The lowest BCUT2D eigenvalue weighted by Gasteiger charge is -2.19. The highest BCUT2D eigenvalue weighted by Crippen LogP contribution is 2.41. The molecule has 2 heterocycles. The molecular formula is C33H27N3O7S. The van der Waals surface area contributed by atoms with E-state index in [2.05, 4.69) is 10.6 Å². The monoisotopic (exact) mass is 609 g/mol. The molecule has 222 valence electrons. The molecule has 4 aromatic rings. The van der Waals surface area contributed by atoms with Gasteiger partial charge in [0, 0.05) is 21.8 Å². The van der Waals surface area contributed by atoms with Gasteiger partial charge in [-0.1, -0.05) is 23.9 Å². The number of carbonyl (C=O) groups excluding carboxylic acids is 3. The van der Waals surface area contributed by atoms with Gasteiger partial charge in [0.25, 0.3) is 17.7 Å². The number of nitrogens with one attached hydrogen (secondary N) is 2. The molecule has 0 bridgehead atoms. The van der Waals surface area contributed by atoms with Crippen LogP contribution in [0.15, 0.2) is 100 Å². The fourth-order valence-electron chi connectivity index (χ4n) is 4.72. The van der Waals surface area contributed by atoms with Crippen LogP contribution >= 0.6 is 11.8 Å². The molecule has 0 atom stereocenters. The van der Waals surface area contributed by atoms with Crippen molar-refractivity contribution in [2.45, 2.75) is 11.8 Å². The normalized spacial score (nSPS) is 13.8. The van der Waals surface area contributed by atoms with Gasteiger partial charge in [-0.25, -0.2) is 4.90 Å². The van der Waals surface area contributed by atoms with Gasteiger partial charge in [-0.15, -0.1) is 0 Å². The van der Waals surface area contributed by atoms with Crippen LogP contribution in [0.2, 0.25) is 0 Å². The van der Waals surface area contributed by atoms with E-state index in [0.717, 1.165) is 22.2 Å². The summed E-state index contributed by atoms with van der Waals surface area (Å²) < 4.78 is 21.4. The van der Waals surface area contributed by atoms with Gasteiger partial charge >= 0.3 is 0 Å². The fourth-order valence-corrected chi connectivity index (χ4v) is 5.71. The van der Waals surface area contributed by atoms with E-state index < -0.39 is 11.8 Å². The standard InChI is InChI=1S/C33H27N3O7S/c1-19-7-13-26(41-3)25(15-19)36-32(38)29(34-21-9-11-23(40-2)12-10-21)30(33(36)39)44-24-6-4-5-22(17-24)35-31(37)20-8-14-27-28(16-20)43-18-42-27/h4-17,34H,18H2,1-3H3,(H,35,37). The number of thioether (sulfide) groups is 1. The van der Waals surface area contributed by atoms with Gasteiger partial charge in [0.05, 0.1) is 19.9 Å². The molecule has 0 aliphatic carbocycles. The van der Waals surface area contributed by atoms with Crippen molar-refractivity contribution in [2.75, 3.05) is 36.5 Å². The van der Waals surface area contributed by atoms with Gasteiger partial charge in [-0.2, -0.15) is 0 Å². The fraction of sp³-hybridized carbons (Fsp3) is 0.121. The third-order valence-electron chi connectivity index (χ3n) is 6.92. The Hall–Kier alpha value is -5.42. The molecule has 0 aromatic heterocycles. The lowest BCUT2D eigenvalue weighted by molar-refractivity contribution is -0.120. The van der Waals surface area contributed by atoms with Crippen LogP contribution in [-0.4, -0.2) is 38.7 Å². The van der Waals surface area contributed by atoms with E-state index >= 15 is 0 Å². The van der Waals surface area contributed by atoms with Gasteiger partial charge in [0.2, 0.25) is 6.79 Å². The van der Waals surface area contributed by atoms with E-state index in [4.69, 9.17) is 18.9 Å². The minimum atomic E-state index is -0.524. The Balaban J connectivity index is 1.31. The topological polar surface area (TPSA) is 115 Å². The maximum absolute atomic E-state index is 14.0. The molecule has 11 heteroatoms. The molecule has 0 unspecified atom stereocenters. The average Bonchev–Trinajstić information content (AvgIpc) is 3.59. The van der Waals surface area contributed by atoms with E-state index in [0.29, 0.717) is 50.5 Å². The maximum atomic E-state index is 14.0. The number of methoxy groups -OCH3 is 2. The van der Waals surface area contributed by atoms with Crippen molar-refractivity contribution in [3.8, 4) is 23.0 Å². The zero-order valence-electron chi connectivity index (χ0n) is 24.0. The number of fused-ring (bicyclic) bond motifs is 1. The van der Waals surface area contributed by atoms with Crippen molar-refractivity contribution in [1.29, 1.82) is 0 Å². The third-order valence-corrected chi connectivity index (χ3v) is 8.00. The highest BCUT2D eigenvalue weighted by Gasteiger charge is 2.41. The van der Waals surface area contributed by atoms with E-state index in [1.807, 2.05) is 13.0 Å². The molecule has 6 rings (SSSR count). The Morgan fingerprint density at radius 3 is 2.41 bits per heavy atom. The number of nitrogens with zero attached hydrogens (tertiary/aromatic N) is 1. The first-order valence-electron chi connectivity index (χ1n) is 13.5. The summed E-state index contributed by atoms with van der Waals surface area (Å²) in [5, 5.41) is 6.02. The van der Waals surface area contributed by atoms with Crippen LogP contribution in [0.3, 0.4) is 0 Å². The van der Waals surface area contributed by atoms with Crippen LogP contribution in [0.5, 0.6) is 23.0 Å². The van der Waals surface area contributed by atoms with Crippen LogP contribution < -0.4 is 34.5 Å². The Morgan fingerprint density at radius 2 is 1.64 bits per heavy atom. The van der Waals surface area contributed by atoms with E-state index in [1.54, 1.807) is 86.0 Å². The predicted molar refractivity (Wildman–Crippen MR) is 167 cm³/mol. The van der Waals surface area contributed by atoms with Gasteiger partial charge < -0.3 is 29.6 Å². The van der Waals surface area contributed by atoms with Crippen molar-refractivity contribution < 1.29 is 33.3 Å². The van der Waals surface area contributed by atoms with Crippen LogP contribution in [0.25, 0.3) is 0 Å². The minimum absolute atomic E-state index is 0.111. The number of carbonyl (C=O) groups is 3. The number of benzene rings is 4. The second kappa shape index (κ2) is 12.1. The van der Waals surface area contributed by atoms with Crippen LogP contribution in [0.4, 0.5) is 17.1 Å². The molecule has 4 aromatic carbocycles. The van der Waals surface area contributed by atoms with Crippen molar-refractivity contribution in [3.63, 3.8) is 0 Å². The van der Waals surface area contributed by atoms with Crippen molar-refractivity contribution >= 4 is 46.5 Å². The quantitative estimate of drug-likeness (QED) is 0.221. The Bertz CT molecular complexity index is 1820. The summed E-state index contributed by atoms with van der Waals surface area (Å²) in [4.78, 5) is 42.8.